The Bertz CT molecular complexity index is 1370. The SMILES string of the molecule is Cc1nc2cc(-c3nc(C(O)C(F)(F)F)cs3)c(N)cc2c(=O)n1Cc1ccc(Cl)cc1. The Hall–Kier alpha value is -2.95. The smallest absolute Gasteiger partial charge is 0.398 e. The third-order valence-corrected chi connectivity index (χ3v) is 6.06. The molecule has 166 valence electrons. The lowest BCUT2D eigenvalue weighted by Crippen LogP contribution is -2.24. The predicted molar refractivity (Wildman–Crippen MR) is 118 cm³/mol. The van der Waals surface area contributed by atoms with Crippen LogP contribution in [0.4, 0.5) is 18.9 Å². The Kier molecular flexibility index (Phi) is 5.70. The van der Waals surface area contributed by atoms with Gasteiger partial charge in [0, 0.05) is 21.7 Å². The van der Waals surface area contributed by atoms with Crippen molar-refractivity contribution >= 4 is 39.5 Å². The number of hydrogen-bond acceptors (Lipinski definition) is 6. The lowest BCUT2D eigenvalue weighted by molar-refractivity contribution is -0.207. The van der Waals surface area contributed by atoms with Crippen molar-refractivity contribution in [1.29, 1.82) is 0 Å². The molecule has 0 amide bonds. The van der Waals surface area contributed by atoms with Gasteiger partial charge >= 0.3 is 6.18 Å². The van der Waals surface area contributed by atoms with Gasteiger partial charge < -0.3 is 10.8 Å². The van der Waals surface area contributed by atoms with E-state index >= 15 is 0 Å². The summed E-state index contributed by atoms with van der Waals surface area (Å²) in [5.41, 5.74) is 7.01. The number of nitrogens with zero attached hydrogens (tertiary/aromatic N) is 3. The summed E-state index contributed by atoms with van der Waals surface area (Å²) in [5.74, 6) is 0.459. The highest BCUT2D eigenvalue weighted by Crippen LogP contribution is 2.37. The number of aromatic nitrogens is 3. The molecular formula is C21H16ClF3N4O2S. The first-order chi connectivity index (χ1) is 15.0. The highest BCUT2D eigenvalue weighted by atomic mass is 35.5. The van der Waals surface area contributed by atoms with Gasteiger partial charge in [0.25, 0.3) is 5.56 Å². The zero-order valence-electron chi connectivity index (χ0n) is 16.5. The zero-order chi connectivity index (χ0) is 23.2. The van der Waals surface area contributed by atoms with E-state index in [2.05, 4.69) is 9.97 Å². The summed E-state index contributed by atoms with van der Waals surface area (Å²) in [6.07, 6.45) is -7.51. The van der Waals surface area contributed by atoms with Gasteiger partial charge in [0.15, 0.2) is 6.10 Å². The number of aliphatic hydroxyl groups is 1. The summed E-state index contributed by atoms with van der Waals surface area (Å²) in [4.78, 5) is 21.5. The van der Waals surface area contributed by atoms with Crippen LogP contribution in [0.5, 0.6) is 0 Å². The molecule has 2 heterocycles. The molecule has 0 saturated heterocycles. The number of alkyl halides is 3. The van der Waals surface area contributed by atoms with Crippen LogP contribution in [0.1, 0.15) is 23.2 Å². The number of aliphatic hydroxyl groups excluding tert-OH is 1. The lowest BCUT2D eigenvalue weighted by Gasteiger charge is -2.13. The normalized spacial score (nSPS) is 12.9. The highest BCUT2D eigenvalue weighted by Gasteiger charge is 2.41. The number of fused-ring (bicyclic) bond motifs is 1. The Balaban J connectivity index is 1.76. The van der Waals surface area contributed by atoms with Crippen LogP contribution in [0.15, 0.2) is 46.6 Å². The largest absolute Gasteiger partial charge is 0.420 e. The number of nitrogen functional groups attached to an aromatic ring is 1. The molecule has 0 saturated carbocycles. The maximum absolute atomic E-state index is 13.1. The summed E-state index contributed by atoms with van der Waals surface area (Å²) in [6, 6.07) is 10.0. The Morgan fingerprint density at radius 1 is 1.22 bits per heavy atom. The van der Waals surface area contributed by atoms with Crippen LogP contribution in [0.25, 0.3) is 21.5 Å². The standard InChI is InChI=1S/C21H16ClF3N4O2S/c1-10-27-16-7-13(19-28-17(9-32-19)18(30)21(23,24)25)15(26)6-14(16)20(31)29(10)8-11-2-4-12(22)5-3-11/h2-7,9,18,30H,8,26H2,1H3. The van der Waals surface area contributed by atoms with Crippen LogP contribution >= 0.6 is 22.9 Å². The van der Waals surface area contributed by atoms with Crippen molar-refractivity contribution in [3.63, 3.8) is 0 Å². The van der Waals surface area contributed by atoms with E-state index in [-0.39, 0.29) is 28.2 Å². The van der Waals surface area contributed by atoms with Crippen LogP contribution in [-0.4, -0.2) is 25.8 Å². The molecule has 0 radical (unpaired) electrons. The maximum Gasteiger partial charge on any atom is 0.420 e. The van der Waals surface area contributed by atoms with E-state index in [0.717, 1.165) is 22.3 Å². The second-order valence-electron chi connectivity index (χ2n) is 7.16. The molecule has 0 aliphatic heterocycles. The number of halogens is 4. The third-order valence-electron chi connectivity index (χ3n) is 4.91. The lowest BCUT2D eigenvalue weighted by atomic mass is 10.1. The number of nitrogens with two attached hydrogens (primary N) is 1. The number of rotatable bonds is 4. The minimum Gasteiger partial charge on any atom is -0.398 e. The van der Waals surface area contributed by atoms with Gasteiger partial charge in [0.1, 0.15) is 10.8 Å². The van der Waals surface area contributed by atoms with Crippen molar-refractivity contribution in [2.24, 2.45) is 0 Å². The molecule has 2 aromatic carbocycles. The molecule has 1 atom stereocenters. The van der Waals surface area contributed by atoms with Gasteiger partial charge in [0.05, 0.1) is 23.1 Å². The van der Waals surface area contributed by atoms with E-state index in [1.807, 2.05) is 12.1 Å². The van der Waals surface area contributed by atoms with Crippen LogP contribution in [0.3, 0.4) is 0 Å². The van der Waals surface area contributed by atoms with Gasteiger partial charge in [-0.3, -0.25) is 9.36 Å². The maximum atomic E-state index is 13.1. The van der Waals surface area contributed by atoms with Crippen LogP contribution < -0.4 is 11.3 Å². The molecule has 32 heavy (non-hydrogen) atoms. The van der Waals surface area contributed by atoms with E-state index < -0.39 is 18.0 Å². The quantitative estimate of drug-likeness (QED) is 0.413. The van der Waals surface area contributed by atoms with E-state index in [9.17, 15) is 23.1 Å². The molecule has 4 rings (SSSR count). The molecular weight excluding hydrogens is 465 g/mol. The van der Waals surface area contributed by atoms with Gasteiger partial charge in [-0.1, -0.05) is 23.7 Å². The first-order valence-electron chi connectivity index (χ1n) is 9.30. The summed E-state index contributed by atoms with van der Waals surface area (Å²) in [6.45, 7) is 1.98. The van der Waals surface area contributed by atoms with Crippen molar-refractivity contribution in [2.75, 3.05) is 5.73 Å². The molecule has 1 unspecified atom stereocenters. The first-order valence-corrected chi connectivity index (χ1v) is 10.6. The fraction of sp³-hybridized carbons (Fsp3) is 0.190. The minimum absolute atomic E-state index is 0.167. The topological polar surface area (TPSA) is 94.0 Å². The fourth-order valence-electron chi connectivity index (χ4n) is 3.24. The van der Waals surface area contributed by atoms with Crippen LogP contribution in [-0.2, 0) is 6.54 Å². The number of hydrogen-bond donors (Lipinski definition) is 2. The van der Waals surface area contributed by atoms with Crippen LogP contribution in [0, 0.1) is 6.92 Å². The second kappa shape index (κ2) is 8.19. The third kappa shape index (κ3) is 4.21. The number of benzene rings is 2. The summed E-state index contributed by atoms with van der Waals surface area (Å²) >= 11 is 6.82. The summed E-state index contributed by atoms with van der Waals surface area (Å²) in [5, 5.41) is 11.6. The zero-order valence-corrected chi connectivity index (χ0v) is 18.1. The number of anilines is 1. The first kappa shape index (κ1) is 22.3. The van der Waals surface area contributed by atoms with E-state index in [0.29, 0.717) is 21.9 Å². The molecule has 4 aromatic rings. The van der Waals surface area contributed by atoms with Crippen molar-refractivity contribution in [2.45, 2.75) is 25.7 Å². The van der Waals surface area contributed by atoms with Crippen molar-refractivity contribution in [3.05, 3.63) is 74.2 Å². The highest BCUT2D eigenvalue weighted by molar-refractivity contribution is 7.13. The fourth-order valence-corrected chi connectivity index (χ4v) is 4.24. The van der Waals surface area contributed by atoms with Crippen molar-refractivity contribution in [1.82, 2.24) is 14.5 Å². The minimum atomic E-state index is -4.83. The van der Waals surface area contributed by atoms with Gasteiger partial charge in [-0.05, 0) is 36.8 Å². The number of thiazole rings is 1. The Labute approximate surface area is 188 Å². The van der Waals surface area contributed by atoms with E-state index in [4.69, 9.17) is 17.3 Å². The summed E-state index contributed by atoms with van der Waals surface area (Å²) < 4.78 is 39.8. The van der Waals surface area contributed by atoms with Gasteiger partial charge in [-0.25, -0.2) is 9.97 Å². The molecule has 11 heteroatoms. The van der Waals surface area contributed by atoms with Gasteiger partial charge in [0.2, 0.25) is 0 Å². The monoisotopic (exact) mass is 480 g/mol. The van der Waals surface area contributed by atoms with Crippen molar-refractivity contribution in [3.8, 4) is 10.6 Å². The van der Waals surface area contributed by atoms with Crippen LogP contribution in [0.2, 0.25) is 5.02 Å². The Morgan fingerprint density at radius 3 is 2.56 bits per heavy atom. The molecule has 0 bridgehead atoms. The van der Waals surface area contributed by atoms with E-state index in [1.165, 1.54) is 16.7 Å². The molecule has 2 aromatic heterocycles. The van der Waals surface area contributed by atoms with Gasteiger partial charge in [-0.2, -0.15) is 13.2 Å². The second-order valence-corrected chi connectivity index (χ2v) is 8.45. The predicted octanol–water partition coefficient (Wildman–Crippen LogP) is 4.71. The molecule has 3 N–H and O–H groups in total. The molecule has 0 aliphatic rings. The number of aryl methyl sites for hydroxylation is 1. The molecule has 6 nitrogen and oxygen atoms in total. The molecule has 0 aliphatic carbocycles. The van der Waals surface area contributed by atoms with Gasteiger partial charge in [-0.15, -0.1) is 11.3 Å². The molecule has 0 spiro atoms. The van der Waals surface area contributed by atoms with E-state index in [1.54, 1.807) is 19.1 Å². The Morgan fingerprint density at radius 2 is 1.91 bits per heavy atom. The summed E-state index contributed by atoms with van der Waals surface area (Å²) in [7, 11) is 0. The molecule has 0 fully saturated rings. The van der Waals surface area contributed by atoms with Crippen molar-refractivity contribution < 1.29 is 18.3 Å². The average Bonchev–Trinajstić information content (AvgIpc) is 3.21. The average molecular weight is 481 g/mol.